The molecule has 7 heteroatoms. The van der Waals surface area contributed by atoms with Gasteiger partial charge in [0.25, 0.3) is 0 Å². The van der Waals surface area contributed by atoms with Crippen LogP contribution in [0.4, 0.5) is 16.3 Å². The molecule has 0 unspecified atom stereocenters. The van der Waals surface area contributed by atoms with Crippen molar-refractivity contribution in [2.45, 2.75) is 6.92 Å². The molecule has 1 saturated heterocycles. The maximum absolute atomic E-state index is 12.4. The van der Waals surface area contributed by atoms with Gasteiger partial charge in [0.15, 0.2) is 5.78 Å². The molecule has 2 amide bonds. The number of rotatable bonds is 3. The summed E-state index contributed by atoms with van der Waals surface area (Å²) in [6.45, 7) is 4.03. The molecule has 0 aliphatic carbocycles. The van der Waals surface area contributed by atoms with Gasteiger partial charge in [0.05, 0.1) is 5.56 Å². The fourth-order valence-electron chi connectivity index (χ4n) is 2.77. The molecule has 0 spiro atoms. The van der Waals surface area contributed by atoms with Gasteiger partial charge in [0, 0.05) is 43.6 Å². The molecule has 1 aliphatic heterocycles. The summed E-state index contributed by atoms with van der Waals surface area (Å²) in [7, 11) is 0. The number of pyridine rings is 1. The molecule has 0 atom stereocenters. The number of benzene rings is 1. The standard InChI is InChI=1S/C19H19N5O2/c1-14(25)16-3-5-17(6-4-16)22-19(26)24-10-8-23(9-11-24)18-7-2-15(12-20)13-21-18/h2-7,13H,8-11H2,1H3,(H,22,26). The van der Waals surface area contributed by atoms with Crippen LogP contribution < -0.4 is 10.2 Å². The van der Waals surface area contributed by atoms with Crippen molar-refractivity contribution < 1.29 is 9.59 Å². The number of urea groups is 1. The second-order valence-electron chi connectivity index (χ2n) is 6.05. The Morgan fingerprint density at radius 3 is 2.31 bits per heavy atom. The van der Waals surface area contributed by atoms with E-state index in [4.69, 9.17) is 5.26 Å². The van der Waals surface area contributed by atoms with E-state index in [0.29, 0.717) is 43.0 Å². The van der Waals surface area contributed by atoms with Crippen molar-refractivity contribution in [3.05, 3.63) is 53.7 Å². The summed E-state index contributed by atoms with van der Waals surface area (Å²) in [5, 5.41) is 11.7. The summed E-state index contributed by atoms with van der Waals surface area (Å²) in [6.07, 6.45) is 1.55. The Balaban J connectivity index is 1.54. The summed E-state index contributed by atoms with van der Waals surface area (Å²) >= 11 is 0. The average Bonchev–Trinajstić information content (AvgIpc) is 2.68. The maximum atomic E-state index is 12.4. The number of carbonyl (C=O) groups excluding carboxylic acids is 2. The van der Waals surface area contributed by atoms with Crippen molar-refractivity contribution in [2.75, 3.05) is 36.4 Å². The van der Waals surface area contributed by atoms with Crippen LogP contribution in [-0.4, -0.2) is 47.9 Å². The molecule has 0 bridgehead atoms. The van der Waals surface area contributed by atoms with Crippen LogP contribution in [-0.2, 0) is 0 Å². The minimum absolute atomic E-state index is 0.00425. The average molecular weight is 349 g/mol. The zero-order valence-electron chi connectivity index (χ0n) is 14.5. The first-order chi connectivity index (χ1) is 12.6. The van der Waals surface area contributed by atoms with Gasteiger partial charge in [-0.2, -0.15) is 5.26 Å². The van der Waals surface area contributed by atoms with Crippen LogP contribution in [0.25, 0.3) is 0 Å². The first-order valence-electron chi connectivity index (χ1n) is 8.35. The highest BCUT2D eigenvalue weighted by Gasteiger charge is 2.22. The normalized spacial score (nSPS) is 13.8. The SMILES string of the molecule is CC(=O)c1ccc(NC(=O)N2CCN(c3ccc(C#N)cn3)CC2)cc1. The third-order valence-electron chi connectivity index (χ3n) is 4.31. The number of nitrogens with zero attached hydrogens (tertiary/aromatic N) is 4. The molecule has 1 aromatic carbocycles. The zero-order valence-corrected chi connectivity index (χ0v) is 14.5. The quantitative estimate of drug-likeness (QED) is 0.860. The molecule has 26 heavy (non-hydrogen) atoms. The number of amides is 2. The van der Waals surface area contributed by atoms with Crippen LogP contribution >= 0.6 is 0 Å². The van der Waals surface area contributed by atoms with E-state index < -0.39 is 0 Å². The van der Waals surface area contributed by atoms with Gasteiger partial charge < -0.3 is 15.1 Å². The molecule has 132 valence electrons. The number of carbonyl (C=O) groups is 2. The van der Waals surface area contributed by atoms with Crippen molar-refractivity contribution in [2.24, 2.45) is 0 Å². The van der Waals surface area contributed by atoms with Crippen LogP contribution in [0.2, 0.25) is 0 Å². The van der Waals surface area contributed by atoms with Crippen molar-refractivity contribution in [1.82, 2.24) is 9.88 Å². The van der Waals surface area contributed by atoms with Crippen molar-refractivity contribution in [3.8, 4) is 6.07 Å². The van der Waals surface area contributed by atoms with E-state index >= 15 is 0 Å². The largest absolute Gasteiger partial charge is 0.353 e. The second kappa shape index (κ2) is 7.66. The van der Waals surface area contributed by atoms with Crippen LogP contribution in [0.3, 0.4) is 0 Å². The first kappa shape index (κ1) is 17.4. The highest BCUT2D eigenvalue weighted by molar-refractivity contribution is 5.95. The van der Waals surface area contributed by atoms with Crippen LogP contribution in [0.1, 0.15) is 22.8 Å². The van der Waals surface area contributed by atoms with E-state index in [1.54, 1.807) is 41.4 Å². The van der Waals surface area contributed by atoms with Crippen molar-refractivity contribution in [3.63, 3.8) is 0 Å². The lowest BCUT2D eigenvalue weighted by atomic mass is 10.1. The van der Waals surface area contributed by atoms with Crippen LogP contribution in [0.15, 0.2) is 42.6 Å². The number of nitrogens with one attached hydrogen (secondary N) is 1. The highest BCUT2D eigenvalue weighted by atomic mass is 16.2. The lowest BCUT2D eigenvalue weighted by molar-refractivity contribution is 0.101. The number of aromatic nitrogens is 1. The summed E-state index contributed by atoms with van der Waals surface area (Å²) in [5.74, 6) is 0.805. The van der Waals surface area contributed by atoms with Crippen molar-refractivity contribution in [1.29, 1.82) is 5.26 Å². The van der Waals surface area contributed by atoms with Crippen LogP contribution in [0.5, 0.6) is 0 Å². The molecular weight excluding hydrogens is 330 g/mol. The van der Waals surface area contributed by atoms with Crippen molar-refractivity contribution >= 4 is 23.3 Å². The van der Waals surface area contributed by atoms with Gasteiger partial charge in [0.1, 0.15) is 11.9 Å². The van der Waals surface area contributed by atoms with Gasteiger partial charge in [-0.15, -0.1) is 0 Å². The van der Waals surface area contributed by atoms with Gasteiger partial charge in [-0.1, -0.05) is 0 Å². The smallest absolute Gasteiger partial charge is 0.321 e. The van der Waals surface area contributed by atoms with E-state index in [2.05, 4.69) is 21.3 Å². The second-order valence-corrected chi connectivity index (χ2v) is 6.05. The number of ketones is 1. The Morgan fingerprint density at radius 2 is 1.77 bits per heavy atom. The number of hydrogen-bond donors (Lipinski definition) is 1. The molecule has 1 fully saturated rings. The zero-order chi connectivity index (χ0) is 18.5. The Hall–Kier alpha value is -3.40. The molecular formula is C19H19N5O2. The van der Waals surface area contributed by atoms with Gasteiger partial charge in [0.2, 0.25) is 0 Å². The Bertz CT molecular complexity index is 832. The Kier molecular flexibility index (Phi) is 5.13. The highest BCUT2D eigenvalue weighted by Crippen LogP contribution is 2.15. The first-order valence-corrected chi connectivity index (χ1v) is 8.35. The number of piperazine rings is 1. The maximum Gasteiger partial charge on any atom is 0.321 e. The molecule has 0 saturated carbocycles. The summed E-state index contributed by atoms with van der Waals surface area (Å²) in [4.78, 5) is 31.8. The number of nitriles is 1. The molecule has 1 aliphatic rings. The van der Waals surface area contributed by atoms with Gasteiger partial charge in [-0.25, -0.2) is 9.78 Å². The van der Waals surface area contributed by atoms with E-state index in [9.17, 15) is 9.59 Å². The third kappa shape index (κ3) is 3.98. The number of Topliss-reactive ketones (excluding diaryl/α,β-unsaturated/α-hetero) is 1. The van der Waals surface area contributed by atoms with E-state index in [1.807, 2.05) is 6.07 Å². The van der Waals surface area contributed by atoms with Crippen LogP contribution in [0, 0.1) is 11.3 Å². The van der Waals surface area contributed by atoms with E-state index in [0.717, 1.165) is 5.82 Å². The monoisotopic (exact) mass is 349 g/mol. The van der Waals surface area contributed by atoms with Gasteiger partial charge >= 0.3 is 6.03 Å². The molecule has 1 N–H and O–H groups in total. The third-order valence-corrected chi connectivity index (χ3v) is 4.31. The number of hydrogen-bond acceptors (Lipinski definition) is 5. The minimum Gasteiger partial charge on any atom is -0.353 e. The Labute approximate surface area is 151 Å². The molecule has 1 aromatic heterocycles. The number of anilines is 2. The fraction of sp³-hybridized carbons (Fsp3) is 0.263. The minimum atomic E-state index is -0.159. The summed E-state index contributed by atoms with van der Waals surface area (Å²) < 4.78 is 0. The predicted octanol–water partition coefficient (Wildman–Crippen LogP) is 2.51. The lowest BCUT2D eigenvalue weighted by Gasteiger charge is -2.35. The Morgan fingerprint density at radius 1 is 1.08 bits per heavy atom. The van der Waals surface area contributed by atoms with Gasteiger partial charge in [-0.3, -0.25) is 4.79 Å². The summed E-state index contributed by atoms with van der Waals surface area (Å²) in [6, 6.07) is 12.3. The lowest BCUT2D eigenvalue weighted by Crippen LogP contribution is -2.50. The molecule has 7 nitrogen and oxygen atoms in total. The molecule has 3 rings (SSSR count). The molecule has 2 aromatic rings. The van der Waals surface area contributed by atoms with E-state index in [-0.39, 0.29) is 11.8 Å². The van der Waals surface area contributed by atoms with Gasteiger partial charge in [-0.05, 0) is 43.3 Å². The summed E-state index contributed by atoms with van der Waals surface area (Å²) in [5.41, 5.74) is 1.81. The predicted molar refractivity (Wildman–Crippen MR) is 98.2 cm³/mol. The topological polar surface area (TPSA) is 89.3 Å². The fourth-order valence-corrected chi connectivity index (χ4v) is 2.77. The van der Waals surface area contributed by atoms with E-state index in [1.165, 1.54) is 6.92 Å². The molecule has 2 heterocycles. The molecule has 0 radical (unpaired) electrons.